The Hall–Kier alpha value is -1.90. The molecule has 134 valence electrons. The molecule has 0 bridgehead atoms. The molecule has 1 N–H and O–H groups in total. The third-order valence-electron chi connectivity index (χ3n) is 4.18. The molecule has 1 fully saturated rings. The first-order chi connectivity index (χ1) is 12.0. The second-order valence-corrected chi connectivity index (χ2v) is 8.27. The number of nitrogens with one attached hydrogen (secondary N) is 1. The summed E-state index contributed by atoms with van der Waals surface area (Å²) >= 11 is 5.39. The lowest BCUT2D eigenvalue weighted by molar-refractivity contribution is 0.263. The van der Waals surface area contributed by atoms with Crippen LogP contribution in [0.1, 0.15) is 11.3 Å². The van der Waals surface area contributed by atoms with E-state index in [2.05, 4.69) is 5.32 Å². The SMILES string of the molecule is Cc1ccc(S(=O)(=O)N2CCN(C(=S)NCc3ccco3)CC2)cc1. The van der Waals surface area contributed by atoms with Gasteiger partial charge in [-0.15, -0.1) is 0 Å². The van der Waals surface area contributed by atoms with Gasteiger partial charge in [-0.25, -0.2) is 8.42 Å². The molecule has 2 aromatic rings. The predicted molar refractivity (Wildman–Crippen MR) is 99.7 cm³/mol. The zero-order valence-electron chi connectivity index (χ0n) is 14.0. The van der Waals surface area contributed by atoms with E-state index in [4.69, 9.17) is 16.6 Å². The summed E-state index contributed by atoms with van der Waals surface area (Å²) in [5.41, 5.74) is 1.04. The lowest BCUT2D eigenvalue weighted by Gasteiger charge is -2.35. The smallest absolute Gasteiger partial charge is 0.243 e. The Balaban J connectivity index is 1.55. The van der Waals surface area contributed by atoms with E-state index >= 15 is 0 Å². The van der Waals surface area contributed by atoms with Gasteiger partial charge in [-0.3, -0.25) is 0 Å². The number of piperazine rings is 1. The van der Waals surface area contributed by atoms with Gasteiger partial charge in [-0.05, 0) is 43.4 Å². The van der Waals surface area contributed by atoms with Crippen molar-refractivity contribution in [1.82, 2.24) is 14.5 Å². The van der Waals surface area contributed by atoms with Crippen LogP contribution in [0.5, 0.6) is 0 Å². The minimum atomic E-state index is -3.45. The van der Waals surface area contributed by atoms with Crippen LogP contribution in [0.15, 0.2) is 52.0 Å². The summed E-state index contributed by atoms with van der Waals surface area (Å²) in [6.45, 7) is 4.42. The van der Waals surface area contributed by atoms with Crippen molar-refractivity contribution in [1.29, 1.82) is 0 Å². The van der Waals surface area contributed by atoms with Gasteiger partial charge in [0.05, 0.1) is 17.7 Å². The highest BCUT2D eigenvalue weighted by molar-refractivity contribution is 7.89. The average molecular weight is 380 g/mol. The van der Waals surface area contributed by atoms with Gasteiger partial charge in [0.1, 0.15) is 5.76 Å². The van der Waals surface area contributed by atoms with E-state index in [9.17, 15) is 8.42 Å². The summed E-state index contributed by atoms with van der Waals surface area (Å²) < 4.78 is 32.2. The monoisotopic (exact) mass is 379 g/mol. The zero-order valence-corrected chi connectivity index (χ0v) is 15.6. The van der Waals surface area contributed by atoms with Crippen LogP contribution in [0.25, 0.3) is 0 Å². The minimum Gasteiger partial charge on any atom is -0.467 e. The molecular formula is C17H21N3O3S2. The maximum atomic E-state index is 12.7. The molecule has 3 rings (SSSR count). The molecule has 0 radical (unpaired) electrons. The maximum absolute atomic E-state index is 12.7. The molecule has 0 spiro atoms. The van der Waals surface area contributed by atoms with E-state index in [-0.39, 0.29) is 0 Å². The fourth-order valence-electron chi connectivity index (χ4n) is 2.68. The number of benzene rings is 1. The van der Waals surface area contributed by atoms with E-state index in [1.54, 1.807) is 18.4 Å². The number of hydrogen-bond donors (Lipinski definition) is 1. The van der Waals surface area contributed by atoms with Crippen molar-refractivity contribution < 1.29 is 12.8 Å². The first kappa shape index (κ1) is 17.9. The quantitative estimate of drug-likeness (QED) is 0.820. The third-order valence-corrected chi connectivity index (χ3v) is 6.49. The lowest BCUT2D eigenvalue weighted by atomic mass is 10.2. The van der Waals surface area contributed by atoms with Crippen molar-refractivity contribution in [3.63, 3.8) is 0 Å². The number of hydrogen-bond acceptors (Lipinski definition) is 4. The summed E-state index contributed by atoms with van der Waals surface area (Å²) in [6, 6.07) is 10.7. The third kappa shape index (κ3) is 4.20. The molecule has 2 heterocycles. The number of aryl methyl sites for hydroxylation is 1. The van der Waals surface area contributed by atoms with Crippen LogP contribution in [0.4, 0.5) is 0 Å². The van der Waals surface area contributed by atoms with Crippen LogP contribution in [0, 0.1) is 6.92 Å². The summed E-state index contributed by atoms with van der Waals surface area (Å²) in [6.07, 6.45) is 1.62. The van der Waals surface area contributed by atoms with Gasteiger partial charge in [-0.2, -0.15) is 4.31 Å². The molecule has 8 heteroatoms. The molecule has 0 unspecified atom stereocenters. The molecule has 0 aliphatic carbocycles. The molecule has 6 nitrogen and oxygen atoms in total. The van der Waals surface area contributed by atoms with Crippen LogP contribution < -0.4 is 5.32 Å². The van der Waals surface area contributed by atoms with Crippen molar-refractivity contribution in [2.75, 3.05) is 26.2 Å². The van der Waals surface area contributed by atoms with E-state index in [0.29, 0.717) is 42.7 Å². The van der Waals surface area contributed by atoms with Gasteiger partial charge in [0, 0.05) is 26.2 Å². The molecule has 1 saturated heterocycles. The molecule has 1 aliphatic heterocycles. The lowest BCUT2D eigenvalue weighted by Crippen LogP contribution is -2.52. The first-order valence-electron chi connectivity index (χ1n) is 8.09. The van der Waals surface area contributed by atoms with E-state index < -0.39 is 10.0 Å². The molecule has 1 aromatic heterocycles. The van der Waals surface area contributed by atoms with Crippen LogP contribution >= 0.6 is 12.2 Å². The Morgan fingerprint density at radius 1 is 1.16 bits per heavy atom. The molecule has 1 aliphatic rings. The first-order valence-corrected chi connectivity index (χ1v) is 9.93. The van der Waals surface area contributed by atoms with Crippen molar-refractivity contribution in [3.8, 4) is 0 Å². The second kappa shape index (κ2) is 7.55. The largest absolute Gasteiger partial charge is 0.467 e. The predicted octanol–water partition coefficient (Wildman–Crippen LogP) is 1.97. The van der Waals surface area contributed by atoms with Crippen molar-refractivity contribution in [3.05, 3.63) is 54.0 Å². The van der Waals surface area contributed by atoms with E-state index in [0.717, 1.165) is 11.3 Å². The maximum Gasteiger partial charge on any atom is 0.243 e. The Bertz CT molecular complexity index is 809. The summed E-state index contributed by atoms with van der Waals surface area (Å²) in [7, 11) is -3.45. The fourth-order valence-corrected chi connectivity index (χ4v) is 4.36. The number of furan rings is 1. The van der Waals surface area contributed by atoms with Crippen molar-refractivity contribution in [2.45, 2.75) is 18.4 Å². The summed E-state index contributed by atoms with van der Waals surface area (Å²) in [4.78, 5) is 2.32. The van der Waals surface area contributed by atoms with Crippen molar-refractivity contribution >= 4 is 27.4 Å². The van der Waals surface area contributed by atoms with Gasteiger partial charge in [0.25, 0.3) is 0 Å². The minimum absolute atomic E-state index is 0.338. The van der Waals surface area contributed by atoms with E-state index in [1.165, 1.54) is 4.31 Å². The molecule has 0 atom stereocenters. The molecule has 0 amide bonds. The average Bonchev–Trinajstić information content (AvgIpc) is 3.14. The molecule has 0 saturated carbocycles. The Kier molecular flexibility index (Phi) is 5.41. The van der Waals surface area contributed by atoms with Gasteiger partial charge < -0.3 is 14.6 Å². The van der Waals surface area contributed by atoms with Gasteiger partial charge >= 0.3 is 0 Å². The summed E-state index contributed by atoms with van der Waals surface area (Å²) in [5.74, 6) is 0.808. The Morgan fingerprint density at radius 3 is 2.44 bits per heavy atom. The summed E-state index contributed by atoms with van der Waals surface area (Å²) in [5, 5.41) is 3.76. The van der Waals surface area contributed by atoms with Crippen LogP contribution in [-0.2, 0) is 16.6 Å². The number of rotatable bonds is 4. The highest BCUT2D eigenvalue weighted by Gasteiger charge is 2.29. The fraction of sp³-hybridized carbons (Fsp3) is 0.353. The normalized spacial score (nSPS) is 16.0. The standard InChI is InChI=1S/C17H21N3O3S2/c1-14-4-6-16(7-5-14)25(21,22)20-10-8-19(9-11-20)17(24)18-13-15-3-2-12-23-15/h2-7,12H,8-11,13H2,1H3,(H,18,24). The number of nitrogens with zero attached hydrogens (tertiary/aromatic N) is 2. The van der Waals surface area contributed by atoms with Gasteiger partial charge in [0.2, 0.25) is 10.0 Å². The topological polar surface area (TPSA) is 65.8 Å². The second-order valence-electron chi connectivity index (χ2n) is 5.94. The Labute approximate surface area is 153 Å². The number of thiocarbonyl (C=S) groups is 1. The molecular weight excluding hydrogens is 358 g/mol. The molecule has 1 aromatic carbocycles. The Morgan fingerprint density at radius 2 is 1.84 bits per heavy atom. The van der Waals surface area contributed by atoms with Crippen LogP contribution in [-0.4, -0.2) is 48.9 Å². The highest BCUT2D eigenvalue weighted by atomic mass is 32.2. The highest BCUT2D eigenvalue weighted by Crippen LogP contribution is 2.18. The van der Waals surface area contributed by atoms with Gasteiger partial charge in [-0.1, -0.05) is 17.7 Å². The van der Waals surface area contributed by atoms with Crippen LogP contribution in [0.3, 0.4) is 0 Å². The van der Waals surface area contributed by atoms with Crippen molar-refractivity contribution in [2.24, 2.45) is 0 Å². The van der Waals surface area contributed by atoms with E-state index in [1.807, 2.05) is 36.1 Å². The molecule has 25 heavy (non-hydrogen) atoms. The van der Waals surface area contributed by atoms with Crippen LogP contribution in [0.2, 0.25) is 0 Å². The zero-order chi connectivity index (χ0) is 17.9. The number of sulfonamides is 1. The van der Waals surface area contributed by atoms with Gasteiger partial charge in [0.15, 0.2) is 5.11 Å².